The third-order valence-corrected chi connectivity index (χ3v) is 5.02. The molecule has 1 N–H and O–H groups in total. The number of benzene rings is 1. The lowest BCUT2D eigenvalue weighted by atomic mass is 9.93. The van der Waals surface area contributed by atoms with Crippen LogP contribution in [-0.4, -0.2) is 34.8 Å². The minimum Gasteiger partial charge on any atom is -0.438 e. The molecule has 156 valence electrons. The van der Waals surface area contributed by atoms with Crippen LogP contribution < -0.4 is 5.32 Å². The maximum absolute atomic E-state index is 12.6. The lowest BCUT2D eigenvalue weighted by Gasteiger charge is -2.32. The van der Waals surface area contributed by atoms with E-state index in [2.05, 4.69) is 10.3 Å². The van der Waals surface area contributed by atoms with Gasteiger partial charge in [0, 0.05) is 25.2 Å². The van der Waals surface area contributed by atoms with Gasteiger partial charge < -0.3 is 14.6 Å². The summed E-state index contributed by atoms with van der Waals surface area (Å²) in [4.78, 5) is 30.3. The molecule has 6 nitrogen and oxygen atoms in total. The van der Waals surface area contributed by atoms with Crippen molar-refractivity contribution in [3.8, 4) is 0 Å². The predicted octanol–water partition coefficient (Wildman–Crippen LogP) is 4.27. The molecule has 1 fully saturated rings. The van der Waals surface area contributed by atoms with Crippen molar-refractivity contribution in [3.63, 3.8) is 0 Å². The first kappa shape index (κ1) is 20.9. The molecule has 0 spiro atoms. The minimum atomic E-state index is -4.41. The minimum absolute atomic E-state index is 0.175. The summed E-state index contributed by atoms with van der Waals surface area (Å²) in [6, 6.07) is 4.35. The number of hydrogen-bond acceptors (Lipinski definition) is 4. The molecule has 1 aromatic heterocycles. The Hall–Kier alpha value is -2.84. The van der Waals surface area contributed by atoms with Crippen LogP contribution >= 0.6 is 0 Å². The number of nitrogens with zero attached hydrogens (tertiary/aromatic N) is 2. The Bertz CT molecular complexity index is 862. The number of oxazole rings is 1. The Kier molecular flexibility index (Phi) is 6.24. The summed E-state index contributed by atoms with van der Waals surface area (Å²) in [6.45, 7) is 2.88. The van der Waals surface area contributed by atoms with E-state index >= 15 is 0 Å². The number of amides is 2. The molecule has 0 unspecified atom stereocenters. The van der Waals surface area contributed by atoms with Gasteiger partial charge in [0.1, 0.15) is 0 Å². The Morgan fingerprint density at radius 1 is 1.28 bits per heavy atom. The second kappa shape index (κ2) is 8.67. The maximum atomic E-state index is 12.6. The van der Waals surface area contributed by atoms with E-state index in [4.69, 9.17) is 4.42 Å². The number of rotatable bonds is 5. The smallest absolute Gasteiger partial charge is 0.416 e. The third-order valence-electron chi connectivity index (χ3n) is 5.02. The van der Waals surface area contributed by atoms with Crippen molar-refractivity contribution in [3.05, 3.63) is 47.7 Å². The second-order valence-electron chi connectivity index (χ2n) is 7.19. The van der Waals surface area contributed by atoms with Crippen molar-refractivity contribution >= 4 is 17.5 Å². The third kappa shape index (κ3) is 5.36. The molecule has 2 aromatic rings. The van der Waals surface area contributed by atoms with E-state index in [0.717, 1.165) is 25.0 Å². The standard InChI is InChI=1S/C20H22F3N3O3/c1-13-18(29-12-24-13)19(28)26-10-2-3-14(11-26)4-9-17(27)25-16-7-5-15(6-8-16)20(21,22)23/h5-8,12,14H,2-4,9-11H2,1H3,(H,25,27)/t14-/m0/s1. The molecule has 1 aliphatic rings. The molecule has 0 radical (unpaired) electrons. The summed E-state index contributed by atoms with van der Waals surface area (Å²) in [7, 11) is 0. The molecule has 29 heavy (non-hydrogen) atoms. The van der Waals surface area contributed by atoms with Crippen LogP contribution in [0.3, 0.4) is 0 Å². The molecular weight excluding hydrogens is 387 g/mol. The highest BCUT2D eigenvalue weighted by Crippen LogP contribution is 2.30. The highest BCUT2D eigenvalue weighted by Gasteiger charge is 2.30. The number of nitrogens with one attached hydrogen (secondary N) is 1. The Labute approximate surface area is 166 Å². The van der Waals surface area contributed by atoms with Crippen LogP contribution in [0.25, 0.3) is 0 Å². The van der Waals surface area contributed by atoms with Crippen molar-refractivity contribution in [2.75, 3.05) is 18.4 Å². The first-order chi connectivity index (χ1) is 13.7. The summed E-state index contributed by atoms with van der Waals surface area (Å²) in [5, 5.41) is 2.61. The number of anilines is 1. The van der Waals surface area contributed by atoms with E-state index in [0.29, 0.717) is 30.9 Å². The molecule has 1 aromatic carbocycles. The van der Waals surface area contributed by atoms with Crippen molar-refractivity contribution < 1.29 is 27.2 Å². The van der Waals surface area contributed by atoms with Crippen LogP contribution in [0, 0.1) is 12.8 Å². The second-order valence-corrected chi connectivity index (χ2v) is 7.19. The Balaban J connectivity index is 1.48. The van der Waals surface area contributed by atoms with Gasteiger partial charge in [0.05, 0.1) is 11.3 Å². The number of alkyl halides is 3. The summed E-state index contributed by atoms with van der Waals surface area (Å²) in [6.07, 6.45) is -0.593. The number of piperidine rings is 1. The van der Waals surface area contributed by atoms with Crippen LogP contribution in [-0.2, 0) is 11.0 Å². The van der Waals surface area contributed by atoms with Gasteiger partial charge in [-0.1, -0.05) is 0 Å². The van der Waals surface area contributed by atoms with Crippen molar-refractivity contribution in [2.24, 2.45) is 5.92 Å². The average molecular weight is 409 g/mol. The van der Waals surface area contributed by atoms with Gasteiger partial charge in [-0.15, -0.1) is 0 Å². The van der Waals surface area contributed by atoms with Crippen molar-refractivity contribution in [1.82, 2.24) is 9.88 Å². The van der Waals surface area contributed by atoms with E-state index in [9.17, 15) is 22.8 Å². The average Bonchev–Trinajstić information content (AvgIpc) is 3.11. The zero-order chi connectivity index (χ0) is 21.0. The van der Waals surface area contributed by atoms with E-state index < -0.39 is 11.7 Å². The molecule has 1 atom stereocenters. The van der Waals surface area contributed by atoms with E-state index in [1.54, 1.807) is 11.8 Å². The summed E-state index contributed by atoms with van der Waals surface area (Å²) >= 11 is 0. The van der Waals surface area contributed by atoms with Gasteiger partial charge in [-0.25, -0.2) is 4.98 Å². The number of halogens is 3. The van der Waals surface area contributed by atoms with Gasteiger partial charge in [0.25, 0.3) is 5.91 Å². The summed E-state index contributed by atoms with van der Waals surface area (Å²) in [5.41, 5.74) is 0.113. The van der Waals surface area contributed by atoms with Gasteiger partial charge in [-0.3, -0.25) is 9.59 Å². The molecular formula is C20H22F3N3O3. The SMILES string of the molecule is Cc1ncoc1C(=O)N1CCC[C@@H](CCC(=O)Nc2ccc(C(F)(F)F)cc2)C1. The molecule has 1 aliphatic heterocycles. The number of aromatic nitrogens is 1. The zero-order valence-electron chi connectivity index (χ0n) is 16.0. The largest absolute Gasteiger partial charge is 0.438 e. The van der Waals surface area contributed by atoms with Crippen LogP contribution in [0.5, 0.6) is 0 Å². The van der Waals surface area contributed by atoms with Crippen LogP contribution in [0.15, 0.2) is 35.1 Å². The van der Waals surface area contributed by atoms with Gasteiger partial charge in [-0.05, 0) is 56.4 Å². The van der Waals surface area contributed by atoms with E-state index in [-0.39, 0.29) is 29.9 Å². The lowest BCUT2D eigenvalue weighted by molar-refractivity contribution is -0.137. The van der Waals surface area contributed by atoms with Gasteiger partial charge in [-0.2, -0.15) is 13.2 Å². The Morgan fingerprint density at radius 3 is 2.62 bits per heavy atom. The van der Waals surface area contributed by atoms with E-state index in [1.165, 1.54) is 18.5 Å². The topological polar surface area (TPSA) is 75.4 Å². The normalized spacial score (nSPS) is 17.2. The first-order valence-corrected chi connectivity index (χ1v) is 9.40. The number of likely N-dealkylation sites (tertiary alicyclic amines) is 1. The van der Waals surface area contributed by atoms with Crippen LogP contribution in [0.2, 0.25) is 0 Å². The highest BCUT2D eigenvalue weighted by molar-refractivity contribution is 5.92. The number of hydrogen-bond donors (Lipinski definition) is 1. The first-order valence-electron chi connectivity index (χ1n) is 9.40. The predicted molar refractivity (Wildman–Crippen MR) is 99.2 cm³/mol. The molecule has 2 amide bonds. The van der Waals surface area contributed by atoms with Gasteiger partial charge >= 0.3 is 6.18 Å². The number of carbonyl (C=O) groups excluding carboxylic acids is 2. The van der Waals surface area contributed by atoms with Crippen LogP contribution in [0.1, 0.15) is 47.5 Å². The van der Waals surface area contributed by atoms with Gasteiger partial charge in [0.15, 0.2) is 6.39 Å². The zero-order valence-corrected chi connectivity index (χ0v) is 16.0. The Morgan fingerprint density at radius 2 is 2.00 bits per heavy atom. The number of aryl methyl sites for hydroxylation is 1. The van der Waals surface area contributed by atoms with Crippen LogP contribution in [0.4, 0.5) is 18.9 Å². The molecule has 3 rings (SSSR count). The van der Waals surface area contributed by atoms with Gasteiger partial charge in [0.2, 0.25) is 11.7 Å². The lowest BCUT2D eigenvalue weighted by Crippen LogP contribution is -2.40. The molecule has 0 saturated carbocycles. The fourth-order valence-corrected chi connectivity index (χ4v) is 3.44. The molecule has 0 aliphatic carbocycles. The monoisotopic (exact) mass is 409 g/mol. The van der Waals surface area contributed by atoms with Crippen molar-refractivity contribution in [2.45, 2.75) is 38.8 Å². The molecule has 0 bridgehead atoms. The van der Waals surface area contributed by atoms with Crippen molar-refractivity contribution in [1.29, 1.82) is 0 Å². The van der Waals surface area contributed by atoms with E-state index in [1.807, 2.05) is 0 Å². The fraction of sp³-hybridized carbons (Fsp3) is 0.450. The molecule has 1 saturated heterocycles. The molecule has 2 heterocycles. The quantitative estimate of drug-likeness (QED) is 0.800. The summed E-state index contributed by atoms with van der Waals surface area (Å²) < 4.78 is 42.9. The highest BCUT2D eigenvalue weighted by atomic mass is 19.4. The number of carbonyl (C=O) groups is 2. The maximum Gasteiger partial charge on any atom is 0.416 e. The molecule has 9 heteroatoms. The fourth-order valence-electron chi connectivity index (χ4n) is 3.44. The summed E-state index contributed by atoms with van der Waals surface area (Å²) in [5.74, 6) is -0.0434.